The molecule has 2 N–H and O–H groups in total. The molecule has 118 valence electrons. The van der Waals surface area contributed by atoms with Crippen LogP contribution in [0.5, 0.6) is 5.75 Å². The van der Waals surface area contributed by atoms with Crippen molar-refractivity contribution in [2.45, 2.75) is 25.9 Å². The molecule has 0 aromatic heterocycles. The summed E-state index contributed by atoms with van der Waals surface area (Å²) in [5, 5.41) is 5.98. The summed E-state index contributed by atoms with van der Waals surface area (Å²) in [6.07, 6.45) is 2.43. The first kappa shape index (κ1) is 17.8. The number of anilines is 1. The van der Waals surface area contributed by atoms with Crippen LogP contribution < -0.4 is 15.4 Å². The van der Waals surface area contributed by atoms with Gasteiger partial charge in [0.25, 0.3) is 0 Å². The van der Waals surface area contributed by atoms with Gasteiger partial charge in [-0.05, 0) is 37.5 Å². The van der Waals surface area contributed by atoms with Crippen molar-refractivity contribution in [2.24, 2.45) is 0 Å². The molecule has 6 heteroatoms. The van der Waals surface area contributed by atoms with E-state index in [1.54, 1.807) is 7.11 Å². The van der Waals surface area contributed by atoms with E-state index in [4.69, 9.17) is 9.47 Å². The van der Waals surface area contributed by atoms with E-state index in [0.717, 1.165) is 31.6 Å². The molecular weight excluding hydrogens is 292 g/mol. The van der Waals surface area contributed by atoms with Crippen molar-refractivity contribution in [3.63, 3.8) is 0 Å². The molecule has 0 radical (unpaired) electrons. The highest BCUT2D eigenvalue weighted by atomic mass is 35.5. The van der Waals surface area contributed by atoms with Crippen LogP contribution >= 0.6 is 12.4 Å². The molecule has 1 aromatic rings. The highest BCUT2D eigenvalue weighted by Gasteiger charge is 2.15. The van der Waals surface area contributed by atoms with Gasteiger partial charge in [0.1, 0.15) is 5.75 Å². The maximum atomic E-state index is 11.9. The number of halogens is 1. The third kappa shape index (κ3) is 5.53. The van der Waals surface area contributed by atoms with Gasteiger partial charge >= 0.3 is 0 Å². The smallest absolute Gasteiger partial charge is 0.238 e. The van der Waals surface area contributed by atoms with E-state index in [1.165, 1.54) is 0 Å². The molecule has 1 aromatic carbocycles. The third-order valence-electron chi connectivity index (χ3n) is 3.31. The maximum absolute atomic E-state index is 11.9. The quantitative estimate of drug-likeness (QED) is 0.844. The van der Waals surface area contributed by atoms with Gasteiger partial charge in [-0.1, -0.05) is 6.07 Å². The zero-order valence-electron chi connectivity index (χ0n) is 12.5. The molecule has 0 aliphatic carbocycles. The van der Waals surface area contributed by atoms with Gasteiger partial charge < -0.3 is 20.1 Å². The van der Waals surface area contributed by atoms with E-state index >= 15 is 0 Å². The molecule has 0 saturated carbocycles. The zero-order chi connectivity index (χ0) is 14.4. The highest BCUT2D eigenvalue weighted by Crippen LogP contribution is 2.24. The Morgan fingerprint density at radius 2 is 2.29 bits per heavy atom. The molecule has 1 atom stereocenters. The number of aryl methyl sites for hydroxylation is 1. The Morgan fingerprint density at radius 3 is 2.95 bits per heavy atom. The normalized spacial score (nSPS) is 17.1. The lowest BCUT2D eigenvalue weighted by molar-refractivity contribution is -0.115. The fraction of sp³-hybridized carbons (Fsp3) is 0.533. The number of hydrogen-bond acceptors (Lipinski definition) is 4. The first-order valence-corrected chi connectivity index (χ1v) is 6.96. The molecule has 2 rings (SSSR count). The van der Waals surface area contributed by atoms with E-state index in [2.05, 4.69) is 10.6 Å². The number of amides is 1. The number of carbonyl (C=O) groups is 1. The minimum atomic E-state index is -0.0769. The number of benzene rings is 1. The van der Waals surface area contributed by atoms with Gasteiger partial charge in [0.2, 0.25) is 5.91 Å². The molecule has 1 aliphatic rings. The zero-order valence-corrected chi connectivity index (χ0v) is 13.3. The van der Waals surface area contributed by atoms with Gasteiger partial charge in [0.05, 0.1) is 25.4 Å². The monoisotopic (exact) mass is 314 g/mol. The second-order valence-corrected chi connectivity index (χ2v) is 5.02. The second kappa shape index (κ2) is 8.87. The third-order valence-corrected chi connectivity index (χ3v) is 3.31. The largest absolute Gasteiger partial charge is 0.495 e. The first-order valence-electron chi connectivity index (χ1n) is 6.96. The highest BCUT2D eigenvalue weighted by molar-refractivity contribution is 5.93. The van der Waals surface area contributed by atoms with E-state index in [0.29, 0.717) is 11.4 Å². The van der Waals surface area contributed by atoms with Gasteiger partial charge in [-0.3, -0.25) is 4.79 Å². The lowest BCUT2D eigenvalue weighted by atomic mass is 10.2. The molecule has 21 heavy (non-hydrogen) atoms. The Hall–Kier alpha value is -1.30. The van der Waals surface area contributed by atoms with Crippen molar-refractivity contribution in [1.82, 2.24) is 5.32 Å². The Morgan fingerprint density at radius 1 is 1.48 bits per heavy atom. The predicted molar refractivity (Wildman–Crippen MR) is 85.5 cm³/mol. The molecule has 0 spiro atoms. The van der Waals surface area contributed by atoms with Gasteiger partial charge in [0.15, 0.2) is 0 Å². The topological polar surface area (TPSA) is 59.6 Å². The van der Waals surface area contributed by atoms with Crippen LogP contribution in [0.15, 0.2) is 18.2 Å². The molecule has 1 unspecified atom stereocenters. The molecule has 1 heterocycles. The van der Waals surface area contributed by atoms with Crippen molar-refractivity contribution < 1.29 is 14.3 Å². The fourth-order valence-corrected chi connectivity index (χ4v) is 2.27. The molecule has 1 amide bonds. The van der Waals surface area contributed by atoms with Gasteiger partial charge in [0, 0.05) is 13.2 Å². The summed E-state index contributed by atoms with van der Waals surface area (Å²) in [5.74, 6) is 0.593. The van der Waals surface area contributed by atoms with Gasteiger partial charge in [-0.25, -0.2) is 0 Å². The molecular formula is C15H23ClN2O3. The standard InChI is InChI=1S/C15H22N2O3.ClH/c1-11-5-6-14(19-2)13(8-11)17-15(18)10-16-9-12-4-3-7-20-12;/h5-6,8,12,16H,3-4,7,9-10H2,1-2H3,(H,17,18);1H. The predicted octanol–water partition coefficient (Wildman–Crippen LogP) is 2.13. The van der Waals surface area contributed by atoms with Crippen LogP contribution in [0, 0.1) is 6.92 Å². The summed E-state index contributed by atoms with van der Waals surface area (Å²) >= 11 is 0. The Labute approximate surface area is 131 Å². The van der Waals surface area contributed by atoms with Crippen LogP contribution in [0.1, 0.15) is 18.4 Å². The average Bonchev–Trinajstić information content (AvgIpc) is 2.92. The minimum Gasteiger partial charge on any atom is -0.495 e. The van der Waals surface area contributed by atoms with Crippen molar-refractivity contribution in [1.29, 1.82) is 0 Å². The van der Waals surface area contributed by atoms with E-state index in [9.17, 15) is 4.79 Å². The second-order valence-electron chi connectivity index (χ2n) is 5.02. The maximum Gasteiger partial charge on any atom is 0.238 e. The lowest BCUT2D eigenvalue weighted by Crippen LogP contribution is -2.33. The number of hydrogen-bond donors (Lipinski definition) is 2. The molecule has 5 nitrogen and oxygen atoms in total. The van der Waals surface area contributed by atoms with Crippen LogP contribution in [0.2, 0.25) is 0 Å². The Kier molecular flexibility index (Phi) is 7.50. The number of methoxy groups -OCH3 is 1. The Balaban J connectivity index is 0.00000220. The van der Waals surface area contributed by atoms with Gasteiger partial charge in [-0.15, -0.1) is 12.4 Å². The summed E-state index contributed by atoms with van der Waals surface area (Å²) in [7, 11) is 1.59. The summed E-state index contributed by atoms with van der Waals surface area (Å²) in [6, 6.07) is 5.70. The van der Waals surface area contributed by atoms with Crippen molar-refractivity contribution in [3.8, 4) is 5.75 Å². The van der Waals surface area contributed by atoms with Crippen LogP contribution in [0.25, 0.3) is 0 Å². The number of ether oxygens (including phenoxy) is 2. The fourth-order valence-electron chi connectivity index (χ4n) is 2.27. The van der Waals surface area contributed by atoms with E-state index in [-0.39, 0.29) is 31.0 Å². The summed E-state index contributed by atoms with van der Waals surface area (Å²) < 4.78 is 10.7. The lowest BCUT2D eigenvalue weighted by Gasteiger charge is -2.13. The molecule has 1 fully saturated rings. The van der Waals surface area contributed by atoms with Crippen LogP contribution in [0.3, 0.4) is 0 Å². The van der Waals surface area contributed by atoms with Crippen LogP contribution in [0.4, 0.5) is 5.69 Å². The number of rotatable bonds is 6. The van der Waals surface area contributed by atoms with Crippen molar-refractivity contribution >= 4 is 24.0 Å². The van der Waals surface area contributed by atoms with E-state index < -0.39 is 0 Å². The molecule has 0 bridgehead atoms. The summed E-state index contributed by atoms with van der Waals surface area (Å²) in [4.78, 5) is 11.9. The van der Waals surface area contributed by atoms with Crippen molar-refractivity contribution in [3.05, 3.63) is 23.8 Å². The Bertz CT molecular complexity index is 462. The van der Waals surface area contributed by atoms with Gasteiger partial charge in [-0.2, -0.15) is 0 Å². The summed E-state index contributed by atoms with van der Waals surface area (Å²) in [5.41, 5.74) is 1.78. The van der Waals surface area contributed by atoms with Crippen molar-refractivity contribution in [2.75, 3.05) is 32.1 Å². The minimum absolute atomic E-state index is 0. The summed E-state index contributed by atoms with van der Waals surface area (Å²) in [6.45, 7) is 3.80. The number of carbonyl (C=O) groups excluding carboxylic acids is 1. The molecule has 1 aliphatic heterocycles. The average molecular weight is 315 g/mol. The van der Waals surface area contributed by atoms with E-state index in [1.807, 2.05) is 25.1 Å². The first-order chi connectivity index (χ1) is 9.69. The SMILES string of the molecule is COc1ccc(C)cc1NC(=O)CNCC1CCCO1.Cl. The number of nitrogens with one attached hydrogen (secondary N) is 2. The molecule has 1 saturated heterocycles. The van der Waals surface area contributed by atoms with Crippen LogP contribution in [-0.4, -0.2) is 38.8 Å². The van der Waals surface area contributed by atoms with Crippen LogP contribution in [-0.2, 0) is 9.53 Å².